The van der Waals surface area contributed by atoms with Gasteiger partial charge in [-0.3, -0.25) is 9.59 Å². The zero-order chi connectivity index (χ0) is 15.0. The van der Waals surface area contributed by atoms with E-state index in [0.717, 1.165) is 0 Å². The topological polar surface area (TPSA) is 98.7 Å². The first-order valence-electron chi connectivity index (χ1n) is 6.22. The van der Waals surface area contributed by atoms with Crippen LogP contribution in [0.3, 0.4) is 0 Å². The number of urea groups is 1. The van der Waals surface area contributed by atoms with Gasteiger partial charge in [-0.25, -0.2) is 4.79 Å². The Morgan fingerprint density at radius 3 is 2.26 bits per heavy atom. The molecular weight excluding hydrogens is 250 g/mol. The highest BCUT2D eigenvalue weighted by molar-refractivity contribution is 5.83. The van der Waals surface area contributed by atoms with Gasteiger partial charge in [-0.2, -0.15) is 0 Å². The molecule has 1 unspecified atom stereocenters. The quantitative estimate of drug-likeness (QED) is 0.619. The van der Waals surface area contributed by atoms with Crippen molar-refractivity contribution in [1.29, 1.82) is 0 Å². The average Bonchev–Trinajstić information content (AvgIpc) is 2.23. The largest absolute Gasteiger partial charge is 0.481 e. The molecule has 19 heavy (non-hydrogen) atoms. The van der Waals surface area contributed by atoms with Crippen LogP contribution in [0.25, 0.3) is 0 Å². The van der Waals surface area contributed by atoms with Gasteiger partial charge in [-0.1, -0.05) is 6.92 Å². The van der Waals surface area contributed by atoms with Gasteiger partial charge >= 0.3 is 12.0 Å². The predicted octanol–water partition coefficient (Wildman–Crippen LogP) is 0.263. The lowest BCUT2D eigenvalue weighted by molar-refractivity contribution is -0.137. The van der Waals surface area contributed by atoms with Gasteiger partial charge in [0.25, 0.3) is 0 Å². The minimum atomic E-state index is -0.897. The van der Waals surface area contributed by atoms with Crippen molar-refractivity contribution in [3.05, 3.63) is 0 Å². The summed E-state index contributed by atoms with van der Waals surface area (Å²) in [6, 6.07) is -0.365. The van der Waals surface area contributed by atoms with Crippen molar-refractivity contribution in [2.75, 3.05) is 20.1 Å². The highest BCUT2D eigenvalue weighted by Gasteiger charge is 2.14. The minimum Gasteiger partial charge on any atom is -0.481 e. The Labute approximate surface area is 113 Å². The van der Waals surface area contributed by atoms with Crippen molar-refractivity contribution in [3.8, 4) is 0 Å². The first-order valence-corrected chi connectivity index (χ1v) is 6.22. The van der Waals surface area contributed by atoms with Gasteiger partial charge in [0.2, 0.25) is 5.91 Å². The molecule has 0 aromatic heterocycles. The van der Waals surface area contributed by atoms with E-state index in [9.17, 15) is 14.4 Å². The number of carbonyl (C=O) groups excluding carboxylic acids is 2. The van der Waals surface area contributed by atoms with E-state index in [1.807, 2.05) is 13.8 Å². The number of carbonyl (C=O) groups is 3. The number of carboxylic acid groups (broad SMARTS) is 1. The summed E-state index contributed by atoms with van der Waals surface area (Å²) < 4.78 is 0. The lowest BCUT2D eigenvalue weighted by Gasteiger charge is -2.19. The molecule has 0 bridgehead atoms. The molecular formula is C12H23N3O4. The normalized spacial score (nSPS) is 11.8. The van der Waals surface area contributed by atoms with Crippen molar-refractivity contribution in [3.63, 3.8) is 0 Å². The standard InChI is InChI=1S/C12H23N3O4/c1-8(2)14-10(16)7-15(4)12(19)13-6-9(3)5-11(17)18/h8-9H,5-7H2,1-4H3,(H,13,19)(H,14,16)(H,17,18). The van der Waals surface area contributed by atoms with Gasteiger partial charge in [0, 0.05) is 26.1 Å². The number of nitrogens with zero attached hydrogens (tertiary/aromatic N) is 1. The van der Waals surface area contributed by atoms with E-state index in [1.54, 1.807) is 6.92 Å². The molecule has 0 rings (SSSR count). The van der Waals surface area contributed by atoms with E-state index < -0.39 is 12.0 Å². The average molecular weight is 273 g/mol. The second-order valence-electron chi connectivity index (χ2n) is 4.97. The third-order valence-corrected chi connectivity index (χ3v) is 2.30. The van der Waals surface area contributed by atoms with Gasteiger partial charge in [0.15, 0.2) is 0 Å². The van der Waals surface area contributed by atoms with Crippen molar-refractivity contribution in [2.45, 2.75) is 33.2 Å². The molecule has 7 nitrogen and oxygen atoms in total. The van der Waals surface area contributed by atoms with Crippen LogP contribution >= 0.6 is 0 Å². The number of hydrogen-bond donors (Lipinski definition) is 3. The number of amides is 3. The molecule has 1 atom stereocenters. The number of likely N-dealkylation sites (N-methyl/N-ethyl adjacent to an activating group) is 1. The fourth-order valence-electron chi connectivity index (χ4n) is 1.42. The van der Waals surface area contributed by atoms with Crippen LogP contribution in [-0.2, 0) is 9.59 Å². The first kappa shape index (κ1) is 17.2. The maximum atomic E-state index is 11.6. The number of rotatable bonds is 7. The van der Waals surface area contributed by atoms with Crippen LogP contribution in [0.5, 0.6) is 0 Å². The second kappa shape index (κ2) is 8.34. The molecule has 0 aliphatic rings. The molecule has 0 saturated carbocycles. The van der Waals surface area contributed by atoms with Gasteiger partial charge in [0.05, 0.1) is 0 Å². The summed E-state index contributed by atoms with van der Waals surface area (Å²) in [5.41, 5.74) is 0. The van der Waals surface area contributed by atoms with Gasteiger partial charge in [-0.05, 0) is 19.8 Å². The molecule has 0 aromatic rings. The van der Waals surface area contributed by atoms with Crippen LogP contribution in [0.2, 0.25) is 0 Å². The molecule has 110 valence electrons. The van der Waals surface area contributed by atoms with E-state index in [2.05, 4.69) is 10.6 Å². The summed E-state index contributed by atoms with van der Waals surface area (Å²) in [4.78, 5) is 34.8. The fourth-order valence-corrected chi connectivity index (χ4v) is 1.42. The molecule has 7 heteroatoms. The van der Waals surface area contributed by atoms with Crippen molar-refractivity contribution in [2.24, 2.45) is 5.92 Å². The molecule has 0 spiro atoms. The highest BCUT2D eigenvalue weighted by atomic mass is 16.4. The lowest BCUT2D eigenvalue weighted by Crippen LogP contribution is -2.45. The Morgan fingerprint density at radius 1 is 1.21 bits per heavy atom. The summed E-state index contributed by atoms with van der Waals surface area (Å²) in [5.74, 6) is -1.28. The minimum absolute atomic E-state index is 0.00215. The van der Waals surface area contributed by atoms with Crippen molar-refractivity contribution < 1.29 is 19.5 Å². The zero-order valence-electron chi connectivity index (χ0n) is 11.9. The fraction of sp³-hybridized carbons (Fsp3) is 0.750. The molecule has 0 aromatic carbocycles. The van der Waals surface area contributed by atoms with Gasteiger partial charge < -0.3 is 20.6 Å². The summed E-state index contributed by atoms with van der Waals surface area (Å²) in [6.45, 7) is 5.65. The van der Waals surface area contributed by atoms with E-state index in [1.165, 1.54) is 11.9 Å². The molecule has 3 amide bonds. The van der Waals surface area contributed by atoms with Crippen molar-refractivity contribution in [1.82, 2.24) is 15.5 Å². The second-order valence-corrected chi connectivity index (χ2v) is 4.97. The van der Waals surface area contributed by atoms with Crippen LogP contribution in [0, 0.1) is 5.92 Å². The monoisotopic (exact) mass is 273 g/mol. The van der Waals surface area contributed by atoms with E-state index in [-0.39, 0.29) is 37.4 Å². The number of aliphatic carboxylic acids is 1. The van der Waals surface area contributed by atoms with Gasteiger partial charge in [-0.15, -0.1) is 0 Å². The van der Waals surface area contributed by atoms with E-state index in [0.29, 0.717) is 0 Å². The molecule has 0 radical (unpaired) electrons. The van der Waals surface area contributed by atoms with Crippen LogP contribution < -0.4 is 10.6 Å². The van der Waals surface area contributed by atoms with Crippen LogP contribution in [0.15, 0.2) is 0 Å². The Balaban J connectivity index is 4.00. The van der Waals surface area contributed by atoms with E-state index in [4.69, 9.17) is 5.11 Å². The molecule has 0 aliphatic heterocycles. The summed E-state index contributed by atoms with van der Waals surface area (Å²) in [7, 11) is 1.51. The summed E-state index contributed by atoms with van der Waals surface area (Å²) in [6.07, 6.45) is -0.00215. The zero-order valence-corrected chi connectivity index (χ0v) is 11.9. The number of nitrogens with one attached hydrogen (secondary N) is 2. The van der Waals surface area contributed by atoms with Crippen LogP contribution in [0.4, 0.5) is 4.79 Å². The van der Waals surface area contributed by atoms with E-state index >= 15 is 0 Å². The molecule has 0 heterocycles. The van der Waals surface area contributed by atoms with Gasteiger partial charge in [0.1, 0.15) is 6.54 Å². The predicted molar refractivity (Wildman–Crippen MR) is 70.7 cm³/mol. The Hall–Kier alpha value is -1.79. The first-order chi connectivity index (χ1) is 8.72. The molecule has 0 aliphatic carbocycles. The highest BCUT2D eigenvalue weighted by Crippen LogP contribution is 1.99. The summed E-state index contributed by atoms with van der Waals surface area (Å²) in [5, 5.41) is 13.9. The smallest absolute Gasteiger partial charge is 0.317 e. The maximum Gasteiger partial charge on any atom is 0.317 e. The van der Waals surface area contributed by atoms with Crippen LogP contribution in [0.1, 0.15) is 27.2 Å². The molecule has 0 fully saturated rings. The third-order valence-electron chi connectivity index (χ3n) is 2.30. The molecule has 0 saturated heterocycles. The molecule has 3 N–H and O–H groups in total. The number of carboxylic acids is 1. The van der Waals surface area contributed by atoms with Crippen LogP contribution in [-0.4, -0.2) is 54.1 Å². The third kappa shape index (κ3) is 8.87. The maximum absolute atomic E-state index is 11.6. The Bertz CT molecular complexity index is 331. The number of hydrogen-bond acceptors (Lipinski definition) is 3. The Morgan fingerprint density at radius 2 is 1.79 bits per heavy atom. The lowest BCUT2D eigenvalue weighted by atomic mass is 10.1. The Kier molecular flexibility index (Phi) is 7.55. The summed E-state index contributed by atoms with van der Waals surface area (Å²) >= 11 is 0. The van der Waals surface area contributed by atoms with Crippen molar-refractivity contribution >= 4 is 17.9 Å². The SMILES string of the molecule is CC(CNC(=O)N(C)CC(=O)NC(C)C)CC(=O)O.